The van der Waals surface area contributed by atoms with Gasteiger partial charge in [-0.1, -0.05) is 64.5 Å². The highest BCUT2D eigenvalue weighted by molar-refractivity contribution is 9.10. The van der Waals surface area contributed by atoms with E-state index in [1.54, 1.807) is 42.5 Å². The van der Waals surface area contributed by atoms with Crippen molar-refractivity contribution >= 4 is 61.5 Å². The number of carbonyl (C=O) groups is 3. The molecule has 0 bridgehead atoms. The average molecular weight is 662 g/mol. The van der Waals surface area contributed by atoms with Crippen molar-refractivity contribution in [2.24, 2.45) is 0 Å². The smallest absolute Gasteiger partial charge is 0.335 e. The van der Waals surface area contributed by atoms with Crippen molar-refractivity contribution in [2.75, 3.05) is 4.90 Å². The van der Waals surface area contributed by atoms with Crippen molar-refractivity contribution in [2.45, 2.75) is 13.2 Å². The summed E-state index contributed by atoms with van der Waals surface area (Å²) in [5, 5.41) is 2.25. The molecule has 7 nitrogen and oxygen atoms in total. The van der Waals surface area contributed by atoms with Crippen LogP contribution in [0.1, 0.15) is 16.7 Å². The zero-order valence-corrected chi connectivity index (χ0v) is 24.1. The Labute approximate surface area is 247 Å². The first-order valence-electron chi connectivity index (χ1n) is 12.2. The number of nitrogens with one attached hydrogen (secondary N) is 1. The Morgan fingerprint density at radius 1 is 0.750 bits per heavy atom. The van der Waals surface area contributed by atoms with E-state index in [-0.39, 0.29) is 5.57 Å². The second-order valence-corrected chi connectivity index (χ2v) is 10.6. The summed E-state index contributed by atoms with van der Waals surface area (Å²) in [6.45, 7) is 0.759. The Kier molecular flexibility index (Phi) is 8.42. The maximum atomic E-state index is 13.3. The molecule has 0 radical (unpaired) electrons. The molecule has 0 aliphatic carbocycles. The number of ether oxygens (including phenoxy) is 2. The van der Waals surface area contributed by atoms with E-state index in [4.69, 9.17) is 9.47 Å². The van der Waals surface area contributed by atoms with Crippen LogP contribution in [0.3, 0.4) is 0 Å². The third kappa shape index (κ3) is 6.50. The van der Waals surface area contributed by atoms with Gasteiger partial charge in [0.2, 0.25) is 0 Å². The van der Waals surface area contributed by atoms with Gasteiger partial charge < -0.3 is 9.47 Å². The normalized spacial score (nSPS) is 14.3. The summed E-state index contributed by atoms with van der Waals surface area (Å²) < 4.78 is 13.3. The molecule has 1 aliphatic heterocycles. The largest absolute Gasteiger partial charge is 0.489 e. The minimum absolute atomic E-state index is 0.167. The number of barbiturate groups is 1. The highest BCUT2D eigenvalue weighted by atomic mass is 79.9. The number of amides is 4. The summed E-state index contributed by atoms with van der Waals surface area (Å²) >= 11 is 6.90. The maximum Gasteiger partial charge on any atom is 0.335 e. The Balaban J connectivity index is 1.29. The molecule has 1 aliphatic rings. The second-order valence-electron chi connectivity index (χ2n) is 8.83. The number of imide groups is 2. The van der Waals surface area contributed by atoms with E-state index in [0.717, 1.165) is 20.5 Å². The molecular formula is C31H22Br2N2O5. The van der Waals surface area contributed by atoms with Crippen LogP contribution in [0.25, 0.3) is 6.08 Å². The summed E-state index contributed by atoms with van der Waals surface area (Å²) in [5.74, 6) is -0.300. The van der Waals surface area contributed by atoms with Crippen molar-refractivity contribution in [3.05, 3.63) is 128 Å². The van der Waals surface area contributed by atoms with Crippen LogP contribution < -0.4 is 19.7 Å². The van der Waals surface area contributed by atoms with Crippen molar-refractivity contribution in [3.63, 3.8) is 0 Å². The van der Waals surface area contributed by atoms with Gasteiger partial charge >= 0.3 is 6.03 Å². The zero-order chi connectivity index (χ0) is 28.1. The van der Waals surface area contributed by atoms with Gasteiger partial charge in [0.25, 0.3) is 11.8 Å². The summed E-state index contributed by atoms with van der Waals surface area (Å²) in [5.41, 5.74) is 2.75. The molecule has 200 valence electrons. The van der Waals surface area contributed by atoms with E-state index in [2.05, 4.69) is 37.2 Å². The molecule has 0 saturated carbocycles. The van der Waals surface area contributed by atoms with Crippen LogP contribution in [0.15, 0.2) is 112 Å². The van der Waals surface area contributed by atoms with E-state index in [0.29, 0.717) is 40.4 Å². The van der Waals surface area contributed by atoms with Gasteiger partial charge in [-0.3, -0.25) is 14.9 Å². The molecule has 1 heterocycles. The number of anilines is 1. The van der Waals surface area contributed by atoms with E-state index in [1.165, 1.54) is 6.08 Å². The van der Waals surface area contributed by atoms with E-state index >= 15 is 0 Å². The molecule has 1 N–H and O–H groups in total. The number of nitrogens with zero attached hydrogens (tertiary/aromatic N) is 1. The topological polar surface area (TPSA) is 84.9 Å². The molecule has 9 heteroatoms. The summed E-state index contributed by atoms with van der Waals surface area (Å²) in [6, 6.07) is 28.5. The molecule has 4 aromatic rings. The highest BCUT2D eigenvalue weighted by Crippen LogP contribution is 2.29. The van der Waals surface area contributed by atoms with E-state index in [9.17, 15) is 14.4 Å². The maximum absolute atomic E-state index is 13.3. The van der Waals surface area contributed by atoms with Gasteiger partial charge in [0.15, 0.2) is 0 Å². The summed E-state index contributed by atoms with van der Waals surface area (Å²) in [6.07, 6.45) is 1.44. The van der Waals surface area contributed by atoms with Crippen LogP contribution in [0.4, 0.5) is 10.5 Å². The van der Waals surface area contributed by atoms with Gasteiger partial charge in [-0.2, -0.15) is 0 Å². The predicted molar refractivity (Wildman–Crippen MR) is 159 cm³/mol. The molecule has 1 saturated heterocycles. The van der Waals surface area contributed by atoms with Gasteiger partial charge in [-0.15, -0.1) is 0 Å². The number of hydrogen-bond acceptors (Lipinski definition) is 5. The number of carbonyl (C=O) groups excluding carboxylic acids is 3. The highest BCUT2D eigenvalue weighted by Gasteiger charge is 2.36. The molecule has 40 heavy (non-hydrogen) atoms. The molecule has 5 rings (SSSR count). The SMILES string of the molecule is O=C1NC(=O)N(c2ccc(OCc3ccc(Br)cc3)cc2)C(=O)/C1=C/c1ccc(OCc2ccccc2)c(Br)c1. The first kappa shape index (κ1) is 27.4. The average Bonchev–Trinajstić information content (AvgIpc) is 2.95. The van der Waals surface area contributed by atoms with Crippen molar-refractivity contribution in [1.82, 2.24) is 5.32 Å². The van der Waals surface area contributed by atoms with E-state index in [1.807, 2.05) is 54.6 Å². The van der Waals surface area contributed by atoms with Gasteiger partial charge in [-0.05, 0) is 87.2 Å². The molecular weight excluding hydrogens is 640 g/mol. The monoisotopic (exact) mass is 660 g/mol. The lowest BCUT2D eigenvalue weighted by Crippen LogP contribution is -2.54. The van der Waals surface area contributed by atoms with Gasteiger partial charge in [-0.25, -0.2) is 9.69 Å². The molecule has 4 amide bonds. The fourth-order valence-electron chi connectivity index (χ4n) is 3.96. The fourth-order valence-corrected chi connectivity index (χ4v) is 4.73. The quantitative estimate of drug-likeness (QED) is 0.162. The lowest BCUT2D eigenvalue weighted by molar-refractivity contribution is -0.122. The van der Waals surface area contributed by atoms with Crippen molar-refractivity contribution in [3.8, 4) is 11.5 Å². The summed E-state index contributed by atoms with van der Waals surface area (Å²) in [4.78, 5) is 39.4. The number of urea groups is 1. The number of benzene rings is 4. The first-order valence-corrected chi connectivity index (χ1v) is 13.8. The third-order valence-corrected chi connectivity index (χ3v) is 7.17. The molecule has 0 aromatic heterocycles. The Hall–Kier alpha value is -4.21. The third-order valence-electron chi connectivity index (χ3n) is 6.02. The fraction of sp³-hybridized carbons (Fsp3) is 0.0645. The minimum atomic E-state index is -0.818. The minimum Gasteiger partial charge on any atom is -0.489 e. The Morgan fingerprint density at radius 2 is 1.43 bits per heavy atom. The summed E-state index contributed by atoms with van der Waals surface area (Å²) in [7, 11) is 0. The molecule has 0 spiro atoms. The standard InChI is InChI=1S/C31H22Br2N2O5/c32-23-9-6-21(7-10-23)18-39-25-13-11-24(12-14-25)35-30(37)26(29(36)34-31(35)38)16-22-8-15-28(27(33)17-22)40-19-20-4-2-1-3-5-20/h1-17H,18-19H2,(H,34,36,38)/b26-16+. The van der Waals surface area contributed by atoms with Crippen LogP contribution in [-0.2, 0) is 22.8 Å². The molecule has 1 fully saturated rings. The van der Waals surface area contributed by atoms with Crippen LogP contribution in [0, 0.1) is 0 Å². The van der Waals surface area contributed by atoms with Crippen LogP contribution >= 0.6 is 31.9 Å². The number of rotatable bonds is 8. The zero-order valence-electron chi connectivity index (χ0n) is 21.0. The lowest BCUT2D eigenvalue weighted by atomic mass is 10.1. The molecule has 4 aromatic carbocycles. The van der Waals surface area contributed by atoms with E-state index < -0.39 is 17.8 Å². The lowest BCUT2D eigenvalue weighted by Gasteiger charge is -2.26. The second kappa shape index (κ2) is 12.3. The Bertz CT molecular complexity index is 1590. The number of hydrogen-bond donors (Lipinski definition) is 1. The molecule has 0 unspecified atom stereocenters. The van der Waals surface area contributed by atoms with Gasteiger partial charge in [0.1, 0.15) is 30.3 Å². The Morgan fingerprint density at radius 3 is 2.12 bits per heavy atom. The van der Waals surface area contributed by atoms with Crippen LogP contribution in [0.2, 0.25) is 0 Å². The van der Waals surface area contributed by atoms with Gasteiger partial charge in [0.05, 0.1) is 10.2 Å². The molecule has 0 atom stereocenters. The van der Waals surface area contributed by atoms with Crippen LogP contribution in [0.5, 0.6) is 11.5 Å². The van der Waals surface area contributed by atoms with Crippen LogP contribution in [-0.4, -0.2) is 17.8 Å². The number of halogens is 2. The first-order chi connectivity index (χ1) is 19.4. The van der Waals surface area contributed by atoms with Crippen molar-refractivity contribution < 1.29 is 23.9 Å². The van der Waals surface area contributed by atoms with Gasteiger partial charge in [0, 0.05) is 4.47 Å². The van der Waals surface area contributed by atoms with Crippen molar-refractivity contribution in [1.29, 1.82) is 0 Å². The predicted octanol–water partition coefficient (Wildman–Crippen LogP) is 7.04.